The van der Waals surface area contributed by atoms with E-state index in [2.05, 4.69) is 5.32 Å². The molecule has 0 radical (unpaired) electrons. The van der Waals surface area contributed by atoms with Crippen molar-refractivity contribution in [2.75, 3.05) is 34.5 Å². The zero-order valence-electron chi connectivity index (χ0n) is 11.0. The van der Waals surface area contributed by atoms with E-state index >= 15 is 0 Å². The number of nitrogens with one attached hydrogen (secondary N) is 1. The van der Waals surface area contributed by atoms with E-state index in [1.807, 2.05) is 18.2 Å². The van der Waals surface area contributed by atoms with Crippen LogP contribution < -0.4 is 10.1 Å². The number of ether oxygens (including phenoxy) is 3. The zero-order valence-corrected chi connectivity index (χ0v) is 11.8. The minimum Gasteiger partial charge on any atom is -0.495 e. The summed E-state index contributed by atoms with van der Waals surface area (Å²) >= 11 is 6.05. The largest absolute Gasteiger partial charge is 0.495 e. The Hall–Kier alpha value is -0.810. The van der Waals surface area contributed by atoms with Crippen LogP contribution in [0.2, 0.25) is 5.02 Å². The Morgan fingerprint density at radius 3 is 2.61 bits per heavy atom. The third kappa shape index (κ3) is 4.82. The molecule has 0 fully saturated rings. The second-order valence-electron chi connectivity index (χ2n) is 3.91. The van der Waals surface area contributed by atoms with Crippen molar-refractivity contribution in [3.05, 3.63) is 28.8 Å². The van der Waals surface area contributed by atoms with Crippen LogP contribution in [0.15, 0.2) is 18.2 Å². The molecule has 1 aromatic carbocycles. The molecule has 1 N–H and O–H groups in total. The molecular weight excluding hydrogens is 254 g/mol. The standard InChI is InChI=1S/C13H20ClNO3/c1-16-9-11(17-2)8-15-7-10-4-5-13(18-3)12(14)6-10/h4-6,11,15H,7-9H2,1-3H3. The number of benzene rings is 1. The van der Waals surface area contributed by atoms with Crippen molar-refractivity contribution in [2.24, 2.45) is 0 Å². The summed E-state index contributed by atoms with van der Waals surface area (Å²) in [5.41, 5.74) is 1.10. The maximum absolute atomic E-state index is 6.05. The highest BCUT2D eigenvalue weighted by molar-refractivity contribution is 6.32. The van der Waals surface area contributed by atoms with Crippen LogP contribution in [0.5, 0.6) is 5.75 Å². The molecule has 1 aromatic rings. The van der Waals surface area contributed by atoms with Gasteiger partial charge in [0.25, 0.3) is 0 Å². The van der Waals surface area contributed by atoms with Crippen molar-refractivity contribution < 1.29 is 14.2 Å². The molecule has 0 bridgehead atoms. The summed E-state index contributed by atoms with van der Waals surface area (Å²) in [6, 6.07) is 5.74. The molecule has 0 saturated heterocycles. The second kappa shape index (κ2) is 8.32. The Morgan fingerprint density at radius 2 is 2.06 bits per heavy atom. The third-order valence-electron chi connectivity index (χ3n) is 2.60. The van der Waals surface area contributed by atoms with E-state index < -0.39 is 0 Å². The van der Waals surface area contributed by atoms with Crippen molar-refractivity contribution >= 4 is 11.6 Å². The van der Waals surface area contributed by atoms with Gasteiger partial charge < -0.3 is 19.5 Å². The van der Waals surface area contributed by atoms with Crippen molar-refractivity contribution in [2.45, 2.75) is 12.6 Å². The smallest absolute Gasteiger partial charge is 0.137 e. The van der Waals surface area contributed by atoms with E-state index in [0.29, 0.717) is 17.4 Å². The minimum atomic E-state index is 0.0590. The number of rotatable bonds is 8. The average Bonchev–Trinajstić information content (AvgIpc) is 2.38. The molecule has 0 aliphatic heterocycles. The summed E-state index contributed by atoms with van der Waals surface area (Å²) in [4.78, 5) is 0. The van der Waals surface area contributed by atoms with Crippen molar-refractivity contribution in [3.8, 4) is 5.75 Å². The first-order chi connectivity index (χ1) is 8.71. The molecule has 0 amide bonds. The first kappa shape index (κ1) is 15.2. The van der Waals surface area contributed by atoms with Gasteiger partial charge in [-0.3, -0.25) is 0 Å². The van der Waals surface area contributed by atoms with E-state index in [9.17, 15) is 0 Å². The molecule has 0 spiro atoms. The zero-order chi connectivity index (χ0) is 13.4. The summed E-state index contributed by atoms with van der Waals surface area (Å²) in [7, 11) is 4.94. The van der Waals surface area contributed by atoms with Crippen LogP contribution in [-0.2, 0) is 16.0 Å². The predicted molar refractivity (Wildman–Crippen MR) is 72.4 cm³/mol. The highest BCUT2D eigenvalue weighted by atomic mass is 35.5. The van der Waals surface area contributed by atoms with E-state index in [-0.39, 0.29) is 6.10 Å². The quantitative estimate of drug-likeness (QED) is 0.787. The fraction of sp³-hybridized carbons (Fsp3) is 0.538. The van der Waals surface area contributed by atoms with Gasteiger partial charge in [0.2, 0.25) is 0 Å². The molecule has 0 saturated carbocycles. The highest BCUT2D eigenvalue weighted by Crippen LogP contribution is 2.24. The van der Waals surface area contributed by atoms with Gasteiger partial charge in [0.05, 0.1) is 24.8 Å². The van der Waals surface area contributed by atoms with Gasteiger partial charge in [-0.15, -0.1) is 0 Å². The molecule has 4 nitrogen and oxygen atoms in total. The lowest BCUT2D eigenvalue weighted by Gasteiger charge is -2.15. The molecule has 0 aliphatic rings. The lowest BCUT2D eigenvalue weighted by Crippen LogP contribution is -2.31. The van der Waals surface area contributed by atoms with Crippen LogP contribution in [0.4, 0.5) is 0 Å². The molecule has 0 aromatic heterocycles. The Kier molecular flexibility index (Phi) is 7.05. The SMILES string of the molecule is COCC(CNCc1ccc(OC)c(Cl)c1)OC. The van der Waals surface area contributed by atoms with E-state index in [4.69, 9.17) is 25.8 Å². The Balaban J connectivity index is 2.41. The molecule has 1 atom stereocenters. The Bertz CT molecular complexity index is 360. The molecule has 5 heteroatoms. The number of hydrogen-bond donors (Lipinski definition) is 1. The first-order valence-corrected chi connectivity index (χ1v) is 6.14. The average molecular weight is 274 g/mol. The van der Waals surface area contributed by atoms with Gasteiger partial charge >= 0.3 is 0 Å². The molecule has 102 valence electrons. The molecule has 0 aliphatic carbocycles. The maximum Gasteiger partial charge on any atom is 0.137 e. The highest BCUT2D eigenvalue weighted by Gasteiger charge is 2.06. The van der Waals surface area contributed by atoms with E-state index in [1.165, 1.54) is 0 Å². The Morgan fingerprint density at radius 1 is 1.28 bits per heavy atom. The number of halogens is 1. The normalized spacial score (nSPS) is 12.4. The number of hydrogen-bond acceptors (Lipinski definition) is 4. The lowest BCUT2D eigenvalue weighted by molar-refractivity contribution is 0.0288. The van der Waals surface area contributed by atoms with Gasteiger partial charge in [-0.2, -0.15) is 0 Å². The fourth-order valence-electron chi connectivity index (χ4n) is 1.59. The summed E-state index contributed by atoms with van der Waals surface area (Å²) in [6.07, 6.45) is 0.0590. The Labute approximate surface area is 113 Å². The summed E-state index contributed by atoms with van der Waals surface area (Å²) in [5, 5.41) is 3.92. The maximum atomic E-state index is 6.05. The van der Waals surface area contributed by atoms with Gasteiger partial charge in [0, 0.05) is 27.3 Å². The molecule has 1 unspecified atom stereocenters. The van der Waals surface area contributed by atoms with Crippen LogP contribution in [0.3, 0.4) is 0 Å². The third-order valence-corrected chi connectivity index (χ3v) is 2.90. The lowest BCUT2D eigenvalue weighted by atomic mass is 10.2. The molecule has 18 heavy (non-hydrogen) atoms. The van der Waals surface area contributed by atoms with Gasteiger partial charge in [0.15, 0.2) is 0 Å². The van der Waals surface area contributed by atoms with Crippen LogP contribution in [-0.4, -0.2) is 40.6 Å². The van der Waals surface area contributed by atoms with E-state index in [0.717, 1.165) is 18.7 Å². The van der Waals surface area contributed by atoms with Crippen LogP contribution in [0.25, 0.3) is 0 Å². The van der Waals surface area contributed by atoms with Gasteiger partial charge in [-0.25, -0.2) is 0 Å². The molecule has 1 rings (SSSR count). The van der Waals surface area contributed by atoms with E-state index in [1.54, 1.807) is 21.3 Å². The summed E-state index contributed by atoms with van der Waals surface area (Å²) in [6.45, 7) is 2.04. The van der Waals surface area contributed by atoms with Crippen molar-refractivity contribution in [1.29, 1.82) is 0 Å². The summed E-state index contributed by atoms with van der Waals surface area (Å²) < 4.78 is 15.4. The van der Waals surface area contributed by atoms with Crippen LogP contribution >= 0.6 is 11.6 Å². The predicted octanol–water partition coefficient (Wildman–Crippen LogP) is 2.10. The fourth-order valence-corrected chi connectivity index (χ4v) is 1.87. The molecular formula is C13H20ClNO3. The van der Waals surface area contributed by atoms with Crippen molar-refractivity contribution in [1.82, 2.24) is 5.32 Å². The monoisotopic (exact) mass is 273 g/mol. The minimum absolute atomic E-state index is 0.0590. The first-order valence-electron chi connectivity index (χ1n) is 5.76. The van der Waals surface area contributed by atoms with Gasteiger partial charge in [-0.05, 0) is 17.7 Å². The van der Waals surface area contributed by atoms with Gasteiger partial charge in [0.1, 0.15) is 5.75 Å². The van der Waals surface area contributed by atoms with Crippen LogP contribution in [0.1, 0.15) is 5.56 Å². The van der Waals surface area contributed by atoms with Crippen molar-refractivity contribution in [3.63, 3.8) is 0 Å². The van der Waals surface area contributed by atoms with Gasteiger partial charge in [-0.1, -0.05) is 17.7 Å². The molecule has 0 heterocycles. The topological polar surface area (TPSA) is 39.7 Å². The number of methoxy groups -OCH3 is 3. The van der Waals surface area contributed by atoms with Crippen LogP contribution in [0, 0.1) is 0 Å². The summed E-state index contributed by atoms with van der Waals surface area (Å²) in [5.74, 6) is 0.689. The second-order valence-corrected chi connectivity index (χ2v) is 4.32.